The lowest BCUT2D eigenvalue weighted by atomic mass is 9.56. The molecule has 4 nitrogen and oxygen atoms in total. The van der Waals surface area contributed by atoms with Crippen LogP contribution in [-0.2, 0) is 16.7 Å². The summed E-state index contributed by atoms with van der Waals surface area (Å²) in [6.07, 6.45) is 9.99. The number of aliphatic imine (C=N–C) groups is 1. The molecule has 2 aromatic rings. The van der Waals surface area contributed by atoms with Gasteiger partial charge in [-0.15, -0.1) is 0 Å². The lowest BCUT2D eigenvalue weighted by Crippen LogP contribution is -2.48. The van der Waals surface area contributed by atoms with Crippen molar-refractivity contribution < 1.29 is 7.48 Å². The summed E-state index contributed by atoms with van der Waals surface area (Å²) in [5.74, 6) is 0.685. The predicted molar refractivity (Wildman–Crippen MR) is 110 cm³/mol. The maximum Gasteiger partial charge on any atom is 0.283 e. The molecule has 3 spiro atoms. The molecular weight excluding hydrogens is 346 g/mol. The van der Waals surface area contributed by atoms with Crippen molar-refractivity contribution in [3.05, 3.63) is 53.9 Å². The highest BCUT2D eigenvalue weighted by molar-refractivity contribution is 5.76. The van der Waals surface area contributed by atoms with Gasteiger partial charge < -0.3 is 10.5 Å². The van der Waals surface area contributed by atoms with Gasteiger partial charge in [0, 0.05) is 17.8 Å². The van der Waals surface area contributed by atoms with Crippen molar-refractivity contribution >= 4 is 6.02 Å². The van der Waals surface area contributed by atoms with E-state index in [9.17, 15) is 0 Å². The van der Waals surface area contributed by atoms with Crippen molar-refractivity contribution in [1.82, 2.24) is 4.98 Å². The number of fused-ring (bicyclic) bond motifs is 3. The summed E-state index contributed by atoms with van der Waals surface area (Å²) >= 11 is 0. The fourth-order valence-corrected chi connectivity index (χ4v) is 6.26. The molecule has 0 radical (unpaired) electrons. The van der Waals surface area contributed by atoms with E-state index in [0.29, 0.717) is 11.3 Å². The third-order valence-corrected chi connectivity index (χ3v) is 8.06. The topological polar surface area (TPSA) is 60.5 Å². The van der Waals surface area contributed by atoms with Gasteiger partial charge in [0.15, 0.2) is 0 Å². The zero-order valence-electron chi connectivity index (χ0n) is 18.2. The van der Waals surface area contributed by atoms with Crippen LogP contribution in [0, 0.1) is 16.7 Å². The van der Waals surface area contributed by atoms with Crippen LogP contribution in [-0.4, -0.2) is 17.6 Å². The molecule has 0 bridgehead atoms. The van der Waals surface area contributed by atoms with E-state index in [2.05, 4.69) is 30.1 Å². The van der Waals surface area contributed by atoms with Gasteiger partial charge in [0.25, 0.3) is 6.02 Å². The van der Waals surface area contributed by atoms with Gasteiger partial charge in [0.05, 0.1) is 2.74 Å². The summed E-state index contributed by atoms with van der Waals surface area (Å²) in [5, 5.41) is 0. The predicted octanol–water partition coefficient (Wildman–Crippen LogP) is 4.43. The Bertz CT molecular complexity index is 1070. The molecule has 2 saturated carbocycles. The summed E-state index contributed by atoms with van der Waals surface area (Å²) in [7, 11) is 0. The highest BCUT2D eigenvalue weighted by Crippen LogP contribution is 2.71. The normalized spacial score (nSPS) is 37.3. The number of ether oxygens (including phenoxy) is 1. The number of nitrogens with two attached hydrogens (primary N) is 1. The minimum atomic E-state index is -1.97. The van der Waals surface area contributed by atoms with Crippen LogP contribution in [0.2, 0.25) is 0 Å². The quantitative estimate of drug-likeness (QED) is 0.802. The van der Waals surface area contributed by atoms with Crippen LogP contribution in [0.1, 0.15) is 52.9 Å². The molecule has 2 N–H and O–H groups in total. The number of hydrogen-bond donors (Lipinski definition) is 1. The van der Waals surface area contributed by atoms with Gasteiger partial charge in [-0.2, -0.15) is 0 Å². The monoisotopic (exact) mass is 375 g/mol. The van der Waals surface area contributed by atoms with E-state index in [-0.39, 0.29) is 11.4 Å². The lowest BCUT2D eigenvalue weighted by molar-refractivity contribution is 0.00530. The third kappa shape index (κ3) is 2.06. The third-order valence-electron chi connectivity index (χ3n) is 8.06. The Hall–Kier alpha value is -2.36. The first kappa shape index (κ1) is 14.6. The molecule has 144 valence electrons. The van der Waals surface area contributed by atoms with Crippen molar-refractivity contribution in [2.24, 2.45) is 27.5 Å². The van der Waals surface area contributed by atoms with E-state index < -0.39 is 12.1 Å². The summed E-state index contributed by atoms with van der Waals surface area (Å²) in [5.41, 5.74) is 9.17. The fraction of sp³-hybridized carbons (Fsp3) is 0.500. The molecule has 2 fully saturated rings. The molecule has 2 heterocycles. The summed E-state index contributed by atoms with van der Waals surface area (Å²) in [6, 6.07) is 10.3. The number of benzene rings is 1. The number of nitrogens with zero attached hydrogens (tertiary/aromatic N) is 2. The summed E-state index contributed by atoms with van der Waals surface area (Å²) in [4.78, 5) is 9.08. The van der Waals surface area contributed by atoms with Crippen molar-refractivity contribution in [2.45, 2.75) is 51.0 Å². The Morgan fingerprint density at radius 2 is 2.11 bits per heavy atom. The average molecular weight is 376 g/mol. The highest BCUT2D eigenvalue weighted by atomic mass is 16.5. The Labute approximate surface area is 169 Å². The number of amidine groups is 1. The van der Waals surface area contributed by atoms with Gasteiger partial charge in [-0.25, -0.2) is 4.99 Å². The molecule has 1 aromatic heterocycles. The molecule has 1 unspecified atom stereocenters. The maximum atomic E-state index is 8.97. The smallest absolute Gasteiger partial charge is 0.283 e. The SMILES string of the molecule is [2H]C1([2H])OC(N)=NC12c1cc(-c3cccnc3)ccc1C[C@]21CC[C@@H](C)C2(CC2)C1. The lowest BCUT2D eigenvalue weighted by Gasteiger charge is -2.49. The Kier molecular flexibility index (Phi) is 2.80. The number of rotatable bonds is 1. The zero-order valence-corrected chi connectivity index (χ0v) is 16.2. The van der Waals surface area contributed by atoms with Crippen LogP contribution < -0.4 is 5.73 Å². The molecule has 28 heavy (non-hydrogen) atoms. The molecule has 3 aliphatic carbocycles. The van der Waals surface area contributed by atoms with Gasteiger partial charge in [-0.1, -0.05) is 25.1 Å². The van der Waals surface area contributed by atoms with Gasteiger partial charge in [-0.3, -0.25) is 4.98 Å². The van der Waals surface area contributed by atoms with Crippen LogP contribution in [0.5, 0.6) is 0 Å². The molecule has 4 heteroatoms. The largest absolute Gasteiger partial charge is 0.462 e. The van der Waals surface area contributed by atoms with Crippen LogP contribution >= 0.6 is 0 Å². The second-order valence-corrected chi connectivity index (χ2v) is 9.41. The van der Waals surface area contributed by atoms with Gasteiger partial charge in [0.2, 0.25) is 0 Å². The van der Waals surface area contributed by atoms with E-state index in [1.54, 1.807) is 6.20 Å². The Morgan fingerprint density at radius 3 is 2.82 bits per heavy atom. The maximum absolute atomic E-state index is 8.97. The summed E-state index contributed by atoms with van der Waals surface area (Å²) in [6.45, 7) is 0.402. The number of hydrogen-bond acceptors (Lipinski definition) is 4. The van der Waals surface area contributed by atoms with E-state index >= 15 is 0 Å². The van der Waals surface area contributed by atoms with Crippen LogP contribution in [0.3, 0.4) is 0 Å². The molecule has 4 aliphatic rings. The Morgan fingerprint density at radius 1 is 1.21 bits per heavy atom. The highest BCUT2D eigenvalue weighted by Gasteiger charge is 2.66. The first-order chi connectivity index (χ1) is 14.3. The van der Waals surface area contributed by atoms with Crippen LogP contribution in [0.15, 0.2) is 47.7 Å². The fourth-order valence-electron chi connectivity index (χ4n) is 6.26. The van der Waals surface area contributed by atoms with E-state index in [4.69, 9.17) is 18.2 Å². The van der Waals surface area contributed by atoms with Gasteiger partial charge >= 0.3 is 0 Å². The van der Waals surface area contributed by atoms with Crippen molar-refractivity contribution in [3.8, 4) is 11.1 Å². The zero-order chi connectivity index (χ0) is 20.8. The van der Waals surface area contributed by atoms with E-state index in [1.165, 1.54) is 18.4 Å². The number of aromatic nitrogens is 1. The van der Waals surface area contributed by atoms with E-state index in [0.717, 1.165) is 42.4 Å². The molecule has 1 aromatic carbocycles. The van der Waals surface area contributed by atoms with Gasteiger partial charge in [-0.05, 0) is 84.2 Å². The van der Waals surface area contributed by atoms with Crippen molar-refractivity contribution in [1.29, 1.82) is 0 Å². The van der Waals surface area contributed by atoms with Crippen molar-refractivity contribution in [3.63, 3.8) is 0 Å². The molecule has 0 saturated heterocycles. The second kappa shape index (κ2) is 5.37. The number of pyridine rings is 1. The molecule has 6 rings (SSSR count). The van der Waals surface area contributed by atoms with Crippen LogP contribution in [0.4, 0.5) is 0 Å². The summed E-state index contributed by atoms with van der Waals surface area (Å²) < 4.78 is 23.5. The minimum absolute atomic E-state index is 0.0255. The van der Waals surface area contributed by atoms with E-state index in [1.807, 2.05) is 18.3 Å². The molecule has 0 amide bonds. The standard InChI is InChI=1S/C24H27N3O/c1-16-6-7-23(14-22(16)8-9-22)12-18-5-4-17(19-3-2-10-26-13-19)11-20(18)24(23)15-28-21(25)27-24/h2-5,10-11,13,16H,6-9,12,14-15H2,1H3,(H2,25,27)/t16-,23+,24?/m1/s1/i15D2. The molecule has 1 aliphatic heterocycles. The van der Waals surface area contributed by atoms with Gasteiger partial charge in [0.1, 0.15) is 12.1 Å². The minimum Gasteiger partial charge on any atom is -0.462 e. The molecular formula is C24H27N3O. The second-order valence-electron chi connectivity index (χ2n) is 9.41. The average Bonchev–Trinajstić information content (AvgIpc) is 3.37. The Balaban J connectivity index is 1.57. The van der Waals surface area contributed by atoms with Crippen molar-refractivity contribution in [2.75, 3.05) is 6.56 Å². The van der Waals surface area contributed by atoms with Crippen LogP contribution in [0.25, 0.3) is 11.1 Å². The first-order valence-corrected chi connectivity index (χ1v) is 10.4. The first-order valence-electron chi connectivity index (χ1n) is 11.4. The molecule has 3 atom stereocenters.